The fourth-order valence-electron chi connectivity index (χ4n) is 4.65. The molecule has 1 fully saturated rings. The molecule has 2 aromatic carbocycles. The number of fused-ring (bicyclic) bond motifs is 1. The molecular formula is C35H51F3N3O4PS. The molecule has 12 heteroatoms. The molecule has 0 amide bonds. The zero-order valence-corrected chi connectivity index (χ0v) is 30.3. The molecule has 0 atom stereocenters. The molecule has 0 saturated carbocycles. The van der Waals surface area contributed by atoms with Gasteiger partial charge in [0.15, 0.2) is 0 Å². The first-order chi connectivity index (χ1) is 22.4. The van der Waals surface area contributed by atoms with Crippen molar-refractivity contribution in [3.05, 3.63) is 46.8 Å². The second-order valence-electron chi connectivity index (χ2n) is 11.2. The van der Waals surface area contributed by atoms with E-state index in [0.717, 1.165) is 11.3 Å². The third kappa shape index (κ3) is 14.9. The summed E-state index contributed by atoms with van der Waals surface area (Å²) in [7, 11) is -0.392. The van der Waals surface area contributed by atoms with Crippen LogP contribution in [0.4, 0.5) is 24.5 Å². The Morgan fingerprint density at radius 2 is 1.70 bits per heavy atom. The summed E-state index contributed by atoms with van der Waals surface area (Å²) in [5, 5.41) is 4.25. The van der Waals surface area contributed by atoms with E-state index in [9.17, 15) is 17.7 Å². The average molecular weight is 698 g/mol. The molecule has 2 heterocycles. The minimum Gasteiger partial charge on any atom is -0.491 e. The van der Waals surface area contributed by atoms with Crippen molar-refractivity contribution in [1.29, 1.82) is 0 Å². The molecule has 4 rings (SSSR count). The van der Waals surface area contributed by atoms with Crippen molar-refractivity contribution in [2.24, 2.45) is 0 Å². The van der Waals surface area contributed by atoms with E-state index in [1.807, 2.05) is 20.8 Å². The quantitative estimate of drug-likeness (QED) is 0.0863. The van der Waals surface area contributed by atoms with E-state index >= 15 is 0 Å². The summed E-state index contributed by atoms with van der Waals surface area (Å²) in [5.41, 5.74) is 7.19. The topological polar surface area (TPSA) is 86.0 Å². The number of hydrogen-bond acceptors (Lipinski definition) is 8. The number of halogens is 3. The van der Waals surface area contributed by atoms with E-state index < -0.39 is 19.7 Å². The lowest BCUT2D eigenvalue weighted by molar-refractivity contribution is -0.126. The predicted molar refractivity (Wildman–Crippen MR) is 192 cm³/mol. The highest BCUT2D eigenvalue weighted by atomic mass is 32.1. The van der Waals surface area contributed by atoms with Crippen LogP contribution in [0.3, 0.4) is 0 Å². The van der Waals surface area contributed by atoms with Crippen LogP contribution in [0.25, 0.3) is 10.1 Å². The van der Waals surface area contributed by atoms with Gasteiger partial charge in [-0.05, 0) is 82.4 Å². The van der Waals surface area contributed by atoms with Gasteiger partial charge in [-0.2, -0.15) is 13.2 Å². The Morgan fingerprint density at radius 3 is 2.32 bits per heavy atom. The summed E-state index contributed by atoms with van der Waals surface area (Å²) >= 11 is 1.16. The minimum absolute atomic E-state index is 0.136. The molecule has 1 aliphatic rings. The number of ether oxygens (including phenoxy) is 3. The second kappa shape index (κ2) is 20.6. The molecule has 3 N–H and O–H groups in total. The van der Waals surface area contributed by atoms with Crippen LogP contribution in [0.5, 0.6) is 5.75 Å². The van der Waals surface area contributed by atoms with Crippen LogP contribution in [-0.4, -0.2) is 84.1 Å². The lowest BCUT2D eigenvalue weighted by atomic mass is 10.1. The summed E-state index contributed by atoms with van der Waals surface area (Å²) in [5.74, 6) is 6.32. The first kappa shape index (κ1) is 40.4. The molecule has 262 valence electrons. The maximum atomic E-state index is 13.3. The van der Waals surface area contributed by atoms with Crippen molar-refractivity contribution >= 4 is 45.2 Å². The van der Waals surface area contributed by atoms with Gasteiger partial charge in [0.1, 0.15) is 19.5 Å². The van der Waals surface area contributed by atoms with Crippen LogP contribution in [0.2, 0.25) is 0 Å². The SMILES string of the molecule is CC.CCOCCOCCOc1cc(NCC#Cc2sc3c(N)cccc3c2CC(F)(F)F)cc(P(C)(C)=O)c1.CN1CCCCC1. The highest BCUT2D eigenvalue weighted by Gasteiger charge is 2.31. The standard InChI is InChI=1S/C27H32F3N2O4PS.C6H13N.C2H6/c1-4-34-11-12-35-13-14-36-20-15-19(16-21(17-20)37(2,3)33)32-10-6-9-25-23(18-27(28,29)30)22-7-5-8-24(31)26(22)38-25;1-7-5-3-2-4-6-7;1-2/h5,7-8,15-17,32H,4,10-14,18,31H2,1-3H3;2-6H2,1H3;1-2H3. The van der Waals surface area contributed by atoms with Gasteiger partial charge in [-0.25, -0.2) is 0 Å². The number of alkyl halides is 3. The molecular weight excluding hydrogens is 646 g/mol. The van der Waals surface area contributed by atoms with Crippen molar-refractivity contribution in [1.82, 2.24) is 4.90 Å². The molecule has 47 heavy (non-hydrogen) atoms. The van der Waals surface area contributed by atoms with Gasteiger partial charge in [0, 0.05) is 29.4 Å². The van der Waals surface area contributed by atoms with Gasteiger partial charge in [0.05, 0.1) is 42.4 Å². The minimum atomic E-state index is -4.37. The number of piperidine rings is 1. The number of rotatable bonds is 12. The Kier molecular flexibility index (Phi) is 17.7. The van der Waals surface area contributed by atoms with Crippen LogP contribution >= 0.6 is 18.5 Å². The number of nitrogens with two attached hydrogens (primary N) is 1. The number of likely N-dealkylation sites (tertiary alicyclic amines) is 1. The number of benzene rings is 2. The van der Waals surface area contributed by atoms with Crippen molar-refractivity contribution < 1.29 is 31.9 Å². The number of hydrogen-bond donors (Lipinski definition) is 2. The maximum absolute atomic E-state index is 13.3. The summed E-state index contributed by atoms with van der Waals surface area (Å²) < 4.78 is 69.6. The maximum Gasteiger partial charge on any atom is 0.393 e. The fourth-order valence-corrected chi connectivity index (χ4v) is 6.66. The summed E-state index contributed by atoms with van der Waals surface area (Å²) in [6.07, 6.45) is -1.17. The summed E-state index contributed by atoms with van der Waals surface area (Å²) in [6, 6.07) is 10.2. The molecule has 0 unspecified atom stereocenters. The zero-order valence-electron chi connectivity index (χ0n) is 28.6. The van der Waals surface area contributed by atoms with Gasteiger partial charge < -0.3 is 34.7 Å². The highest BCUT2D eigenvalue weighted by Crippen LogP contribution is 2.38. The third-order valence-electron chi connectivity index (χ3n) is 6.97. The Morgan fingerprint density at radius 1 is 1.02 bits per heavy atom. The number of nitrogen functional groups attached to an aromatic ring is 1. The monoisotopic (exact) mass is 697 g/mol. The Hall–Kier alpha value is -2.74. The van der Waals surface area contributed by atoms with Gasteiger partial charge in [-0.3, -0.25) is 0 Å². The van der Waals surface area contributed by atoms with E-state index in [-0.39, 0.29) is 12.1 Å². The molecule has 1 aromatic heterocycles. The number of thiophene rings is 1. The van der Waals surface area contributed by atoms with Crippen LogP contribution in [0.1, 0.15) is 50.5 Å². The molecule has 0 aliphatic carbocycles. The summed E-state index contributed by atoms with van der Waals surface area (Å²) in [6.45, 7) is 14.4. The summed E-state index contributed by atoms with van der Waals surface area (Å²) in [4.78, 5) is 2.73. The van der Waals surface area contributed by atoms with E-state index in [2.05, 4.69) is 29.1 Å². The van der Waals surface area contributed by atoms with Crippen molar-refractivity contribution in [2.45, 2.75) is 52.6 Å². The number of nitrogens with zero attached hydrogens (tertiary/aromatic N) is 1. The largest absolute Gasteiger partial charge is 0.491 e. The van der Waals surface area contributed by atoms with Gasteiger partial charge in [-0.15, -0.1) is 11.3 Å². The van der Waals surface area contributed by atoms with Crippen LogP contribution in [0.15, 0.2) is 36.4 Å². The predicted octanol–water partition coefficient (Wildman–Crippen LogP) is 7.86. The lowest BCUT2D eigenvalue weighted by Gasteiger charge is -2.20. The molecule has 0 spiro atoms. The van der Waals surface area contributed by atoms with Gasteiger partial charge in [-0.1, -0.05) is 44.2 Å². The average Bonchev–Trinajstić information content (AvgIpc) is 3.37. The first-order valence-electron chi connectivity index (χ1n) is 16.1. The van der Waals surface area contributed by atoms with Gasteiger partial charge in [0.25, 0.3) is 0 Å². The Labute approximate surface area is 282 Å². The molecule has 1 aliphatic heterocycles. The first-order valence-corrected chi connectivity index (χ1v) is 19.6. The van der Waals surface area contributed by atoms with E-state index in [4.69, 9.17) is 19.9 Å². The van der Waals surface area contributed by atoms with Crippen LogP contribution < -0.4 is 21.1 Å². The van der Waals surface area contributed by atoms with Crippen LogP contribution in [-0.2, 0) is 20.5 Å². The molecule has 0 bridgehead atoms. The lowest BCUT2D eigenvalue weighted by Crippen LogP contribution is -2.24. The van der Waals surface area contributed by atoms with E-state index in [0.29, 0.717) is 70.4 Å². The number of anilines is 2. The normalized spacial score (nSPS) is 13.5. The third-order valence-corrected chi connectivity index (χ3v) is 9.69. The van der Waals surface area contributed by atoms with Gasteiger partial charge >= 0.3 is 6.18 Å². The molecule has 7 nitrogen and oxygen atoms in total. The number of nitrogens with one attached hydrogen (secondary N) is 1. The van der Waals surface area contributed by atoms with Crippen LogP contribution in [0, 0.1) is 11.8 Å². The molecule has 1 saturated heterocycles. The zero-order chi connectivity index (χ0) is 34.9. The Balaban J connectivity index is 0.000000743. The molecule has 3 aromatic rings. The smallest absolute Gasteiger partial charge is 0.393 e. The Bertz CT molecular complexity index is 1470. The van der Waals surface area contributed by atoms with Crippen molar-refractivity contribution in [3.8, 4) is 17.6 Å². The van der Waals surface area contributed by atoms with E-state index in [1.165, 1.54) is 32.4 Å². The van der Waals surface area contributed by atoms with Crippen molar-refractivity contribution in [2.75, 3.05) is 84.1 Å². The van der Waals surface area contributed by atoms with Gasteiger partial charge in [0.2, 0.25) is 0 Å². The fraction of sp³-hybridized carbons (Fsp3) is 0.543. The highest BCUT2D eigenvalue weighted by molar-refractivity contribution is 7.70. The van der Waals surface area contributed by atoms with E-state index in [1.54, 1.807) is 49.7 Å². The second-order valence-corrected chi connectivity index (χ2v) is 15.4. The van der Waals surface area contributed by atoms with Crippen molar-refractivity contribution in [3.63, 3.8) is 0 Å². The molecule has 0 radical (unpaired) electrons.